The van der Waals surface area contributed by atoms with Crippen molar-refractivity contribution in [1.82, 2.24) is 10.3 Å². The van der Waals surface area contributed by atoms with Crippen LogP contribution < -0.4 is 11.3 Å². The van der Waals surface area contributed by atoms with Gasteiger partial charge in [0.05, 0.1) is 7.11 Å². The number of hydrogen-bond acceptors (Lipinski definition) is 6. The Labute approximate surface area is 66.4 Å². The molecule has 1 aromatic heterocycles. The largest absolute Gasteiger partial charge is 0.468 e. The van der Waals surface area contributed by atoms with Crippen molar-refractivity contribution >= 4 is 5.97 Å². The van der Waals surface area contributed by atoms with Gasteiger partial charge in [0.25, 0.3) is 0 Å². The Balaban J connectivity index is 2.92. The molecule has 0 fully saturated rings. The number of aromatic nitrogens is 2. The standard InChI is InChI=1S/C5H7N3O4/c1-11-5(10)2(6)3-4(9)8-12-7-3/h2H,6H2,1H3,(H,8,9). The summed E-state index contributed by atoms with van der Waals surface area (Å²) in [5, 5.41) is 5.11. The molecule has 3 N–H and O–H groups in total. The highest BCUT2D eigenvalue weighted by atomic mass is 16.6. The molecule has 7 heteroatoms. The van der Waals surface area contributed by atoms with Crippen LogP contribution in [0.4, 0.5) is 0 Å². The van der Waals surface area contributed by atoms with E-state index in [2.05, 4.69) is 14.5 Å². The van der Waals surface area contributed by atoms with Crippen molar-refractivity contribution in [3.05, 3.63) is 16.0 Å². The second-order valence-corrected chi connectivity index (χ2v) is 2.00. The molecule has 66 valence electrons. The van der Waals surface area contributed by atoms with Gasteiger partial charge in [-0.1, -0.05) is 5.16 Å². The topological polar surface area (TPSA) is 111 Å². The van der Waals surface area contributed by atoms with Gasteiger partial charge >= 0.3 is 11.5 Å². The summed E-state index contributed by atoms with van der Waals surface area (Å²) in [4.78, 5) is 21.6. The van der Waals surface area contributed by atoms with E-state index in [9.17, 15) is 9.59 Å². The SMILES string of the molecule is COC(=O)C(N)c1no[nH]c1=O. The number of aromatic amines is 1. The highest BCUT2D eigenvalue weighted by Gasteiger charge is 2.22. The third kappa shape index (κ3) is 1.35. The Hall–Kier alpha value is -1.63. The maximum atomic E-state index is 10.8. The average molecular weight is 173 g/mol. The first-order valence-electron chi connectivity index (χ1n) is 3.04. The summed E-state index contributed by atoms with van der Waals surface area (Å²) in [5.74, 6) is -0.741. The molecule has 1 rings (SSSR count). The quantitative estimate of drug-likeness (QED) is 0.528. The minimum Gasteiger partial charge on any atom is -0.468 e. The number of carbonyl (C=O) groups is 1. The molecule has 7 nitrogen and oxygen atoms in total. The molecule has 0 aliphatic rings. The molecule has 1 atom stereocenters. The smallest absolute Gasteiger partial charge is 0.329 e. The van der Waals surface area contributed by atoms with Crippen LogP contribution in [0.1, 0.15) is 11.7 Å². The van der Waals surface area contributed by atoms with Crippen LogP contribution in [0.25, 0.3) is 0 Å². The second kappa shape index (κ2) is 3.18. The molecular weight excluding hydrogens is 166 g/mol. The predicted octanol–water partition coefficient (Wildman–Crippen LogP) is -1.46. The lowest BCUT2D eigenvalue weighted by Gasteiger charge is -2.02. The fourth-order valence-electron chi connectivity index (χ4n) is 0.644. The summed E-state index contributed by atoms with van der Waals surface area (Å²) in [7, 11) is 1.16. The van der Waals surface area contributed by atoms with Crippen LogP contribution in [0, 0.1) is 0 Å². The summed E-state index contributed by atoms with van der Waals surface area (Å²) >= 11 is 0. The number of nitrogens with two attached hydrogens (primary N) is 1. The van der Waals surface area contributed by atoms with Crippen LogP contribution in [-0.4, -0.2) is 23.4 Å². The number of H-pyrrole nitrogens is 1. The van der Waals surface area contributed by atoms with Crippen LogP contribution in [0.15, 0.2) is 9.42 Å². The molecule has 12 heavy (non-hydrogen) atoms. The number of carbonyl (C=O) groups excluding carboxylic acids is 1. The van der Waals surface area contributed by atoms with E-state index in [1.54, 1.807) is 0 Å². The Morgan fingerprint density at radius 1 is 1.83 bits per heavy atom. The van der Waals surface area contributed by atoms with Crippen LogP contribution in [0.2, 0.25) is 0 Å². The maximum Gasteiger partial charge on any atom is 0.329 e. The lowest BCUT2D eigenvalue weighted by Crippen LogP contribution is -2.27. The van der Waals surface area contributed by atoms with E-state index in [-0.39, 0.29) is 5.69 Å². The Bertz CT molecular complexity index is 327. The summed E-state index contributed by atoms with van der Waals surface area (Å²) in [6.45, 7) is 0. The van der Waals surface area contributed by atoms with Gasteiger partial charge in [0.2, 0.25) is 0 Å². The Kier molecular flexibility index (Phi) is 2.24. The van der Waals surface area contributed by atoms with Crippen molar-refractivity contribution in [3.8, 4) is 0 Å². The molecule has 0 radical (unpaired) electrons. The highest BCUT2D eigenvalue weighted by molar-refractivity contribution is 5.76. The first kappa shape index (κ1) is 8.47. The summed E-state index contributed by atoms with van der Waals surface area (Å²) in [6, 6.07) is -1.20. The maximum absolute atomic E-state index is 10.8. The van der Waals surface area contributed by atoms with Crippen LogP contribution in [0.3, 0.4) is 0 Å². The highest BCUT2D eigenvalue weighted by Crippen LogP contribution is 2.01. The number of hydrogen-bond donors (Lipinski definition) is 2. The van der Waals surface area contributed by atoms with Gasteiger partial charge in [0, 0.05) is 0 Å². The zero-order valence-electron chi connectivity index (χ0n) is 6.23. The fraction of sp³-hybridized carbons (Fsp3) is 0.400. The van der Waals surface area contributed by atoms with Crippen molar-refractivity contribution in [1.29, 1.82) is 0 Å². The van der Waals surface area contributed by atoms with Crippen molar-refractivity contribution in [2.45, 2.75) is 6.04 Å². The van der Waals surface area contributed by atoms with Crippen LogP contribution >= 0.6 is 0 Å². The summed E-state index contributed by atoms with van der Waals surface area (Å²) < 4.78 is 8.48. The zero-order valence-corrected chi connectivity index (χ0v) is 6.23. The Morgan fingerprint density at radius 3 is 2.92 bits per heavy atom. The number of ether oxygens (including phenoxy) is 1. The van der Waals surface area contributed by atoms with Gasteiger partial charge in [0.1, 0.15) is 0 Å². The van der Waals surface area contributed by atoms with E-state index in [1.807, 2.05) is 5.16 Å². The van der Waals surface area contributed by atoms with E-state index >= 15 is 0 Å². The molecule has 1 unspecified atom stereocenters. The van der Waals surface area contributed by atoms with E-state index in [0.29, 0.717) is 0 Å². The van der Waals surface area contributed by atoms with E-state index in [1.165, 1.54) is 0 Å². The van der Waals surface area contributed by atoms with Gasteiger partial charge in [-0.25, -0.2) is 4.79 Å². The molecule has 0 aromatic carbocycles. The first-order chi connectivity index (χ1) is 5.66. The number of nitrogens with zero attached hydrogens (tertiary/aromatic N) is 1. The normalized spacial score (nSPS) is 12.5. The van der Waals surface area contributed by atoms with Crippen molar-refractivity contribution in [2.75, 3.05) is 7.11 Å². The van der Waals surface area contributed by atoms with Crippen molar-refractivity contribution in [3.63, 3.8) is 0 Å². The first-order valence-corrected chi connectivity index (χ1v) is 3.04. The van der Waals surface area contributed by atoms with E-state index in [4.69, 9.17) is 5.73 Å². The lowest BCUT2D eigenvalue weighted by molar-refractivity contribution is -0.142. The molecule has 0 saturated heterocycles. The molecule has 0 spiro atoms. The second-order valence-electron chi connectivity index (χ2n) is 2.00. The average Bonchev–Trinajstić information content (AvgIpc) is 2.48. The molecule has 0 bridgehead atoms. The van der Waals surface area contributed by atoms with Crippen molar-refractivity contribution < 1.29 is 14.2 Å². The van der Waals surface area contributed by atoms with Crippen LogP contribution in [0.5, 0.6) is 0 Å². The molecular formula is C5H7N3O4. The van der Waals surface area contributed by atoms with Gasteiger partial charge in [0.15, 0.2) is 11.7 Å². The van der Waals surface area contributed by atoms with Gasteiger partial charge in [-0.3, -0.25) is 9.42 Å². The molecule has 0 saturated carbocycles. The van der Waals surface area contributed by atoms with Gasteiger partial charge in [-0.05, 0) is 0 Å². The predicted molar refractivity (Wildman–Crippen MR) is 36.1 cm³/mol. The number of rotatable bonds is 2. The number of esters is 1. The number of methoxy groups -OCH3 is 1. The summed E-state index contributed by atoms with van der Waals surface area (Å²) in [5.41, 5.74) is 4.45. The number of nitrogens with one attached hydrogen (secondary N) is 1. The molecule has 0 aliphatic carbocycles. The van der Waals surface area contributed by atoms with Crippen molar-refractivity contribution in [2.24, 2.45) is 5.73 Å². The minimum atomic E-state index is -1.20. The van der Waals surface area contributed by atoms with Gasteiger partial charge < -0.3 is 10.5 Å². The summed E-state index contributed by atoms with van der Waals surface area (Å²) in [6.07, 6.45) is 0. The van der Waals surface area contributed by atoms with E-state index < -0.39 is 17.6 Å². The molecule has 0 aliphatic heterocycles. The molecule has 1 aromatic rings. The monoisotopic (exact) mass is 173 g/mol. The van der Waals surface area contributed by atoms with Gasteiger partial charge in [-0.2, -0.15) is 5.16 Å². The lowest BCUT2D eigenvalue weighted by atomic mass is 10.2. The third-order valence-corrected chi connectivity index (χ3v) is 1.26. The van der Waals surface area contributed by atoms with Gasteiger partial charge in [-0.15, -0.1) is 0 Å². The van der Waals surface area contributed by atoms with E-state index in [0.717, 1.165) is 7.11 Å². The van der Waals surface area contributed by atoms with Crippen LogP contribution in [-0.2, 0) is 9.53 Å². The molecule has 0 amide bonds. The molecule has 1 heterocycles. The third-order valence-electron chi connectivity index (χ3n) is 1.26. The Morgan fingerprint density at radius 2 is 2.50 bits per heavy atom. The fourth-order valence-corrected chi connectivity index (χ4v) is 0.644. The minimum absolute atomic E-state index is 0.193. The zero-order chi connectivity index (χ0) is 9.14.